The number of nitro benzene ring substituents is 1. The predicted molar refractivity (Wildman–Crippen MR) is 76.3 cm³/mol. The van der Waals surface area contributed by atoms with E-state index in [4.69, 9.17) is 5.11 Å². The SMILES string of the molecule is Cc1cccc([N+](=O)[O-])c1C(=O)N(CCC(=O)O)C(C)C. The van der Waals surface area contributed by atoms with Gasteiger partial charge in [-0.25, -0.2) is 0 Å². The molecule has 0 fully saturated rings. The monoisotopic (exact) mass is 294 g/mol. The molecule has 0 saturated heterocycles. The van der Waals surface area contributed by atoms with Gasteiger partial charge >= 0.3 is 5.97 Å². The number of hydrogen-bond acceptors (Lipinski definition) is 4. The van der Waals surface area contributed by atoms with Gasteiger partial charge in [0.1, 0.15) is 5.56 Å². The summed E-state index contributed by atoms with van der Waals surface area (Å²) in [5.41, 5.74) is 0.248. The van der Waals surface area contributed by atoms with Gasteiger partial charge in [0.05, 0.1) is 11.3 Å². The molecule has 0 unspecified atom stereocenters. The summed E-state index contributed by atoms with van der Waals surface area (Å²) >= 11 is 0. The van der Waals surface area contributed by atoms with E-state index in [0.717, 1.165) is 0 Å². The van der Waals surface area contributed by atoms with E-state index in [1.165, 1.54) is 17.0 Å². The maximum Gasteiger partial charge on any atom is 0.305 e. The van der Waals surface area contributed by atoms with E-state index in [-0.39, 0.29) is 30.3 Å². The molecule has 114 valence electrons. The van der Waals surface area contributed by atoms with Crippen molar-refractivity contribution in [3.63, 3.8) is 0 Å². The molecule has 1 aromatic rings. The van der Waals surface area contributed by atoms with Crippen molar-refractivity contribution >= 4 is 17.6 Å². The topological polar surface area (TPSA) is 101 Å². The number of carbonyl (C=O) groups excluding carboxylic acids is 1. The second-order valence-corrected chi connectivity index (χ2v) is 4.96. The molecule has 0 aliphatic rings. The first kappa shape index (κ1) is 16.6. The zero-order valence-corrected chi connectivity index (χ0v) is 12.2. The Morgan fingerprint density at radius 2 is 2.00 bits per heavy atom. The van der Waals surface area contributed by atoms with E-state index >= 15 is 0 Å². The number of nitro groups is 1. The third kappa shape index (κ3) is 4.01. The lowest BCUT2D eigenvalue weighted by Gasteiger charge is -2.26. The number of aryl methyl sites for hydroxylation is 1. The van der Waals surface area contributed by atoms with E-state index < -0.39 is 16.8 Å². The van der Waals surface area contributed by atoms with E-state index in [0.29, 0.717) is 5.56 Å². The summed E-state index contributed by atoms with van der Waals surface area (Å²) in [6, 6.07) is 4.16. The quantitative estimate of drug-likeness (QED) is 0.640. The van der Waals surface area contributed by atoms with Gasteiger partial charge in [0.2, 0.25) is 0 Å². The number of aliphatic carboxylic acids is 1. The highest BCUT2D eigenvalue weighted by Crippen LogP contribution is 2.24. The maximum absolute atomic E-state index is 12.6. The Bertz CT molecular complexity index is 568. The molecule has 0 spiro atoms. The number of nitrogens with zero attached hydrogens (tertiary/aromatic N) is 2. The van der Waals surface area contributed by atoms with Gasteiger partial charge in [-0.3, -0.25) is 19.7 Å². The summed E-state index contributed by atoms with van der Waals surface area (Å²) in [6.45, 7) is 5.11. The molecule has 0 heterocycles. The highest BCUT2D eigenvalue weighted by molar-refractivity contribution is 5.99. The van der Waals surface area contributed by atoms with Crippen molar-refractivity contribution in [2.45, 2.75) is 33.2 Å². The van der Waals surface area contributed by atoms with Crippen LogP contribution in [0.5, 0.6) is 0 Å². The summed E-state index contributed by atoms with van der Waals surface area (Å²) in [5, 5.41) is 19.8. The summed E-state index contributed by atoms with van der Waals surface area (Å²) in [7, 11) is 0. The zero-order chi connectivity index (χ0) is 16.2. The average molecular weight is 294 g/mol. The van der Waals surface area contributed by atoms with Crippen molar-refractivity contribution in [2.75, 3.05) is 6.54 Å². The second kappa shape index (κ2) is 6.83. The highest BCUT2D eigenvalue weighted by atomic mass is 16.6. The van der Waals surface area contributed by atoms with Crippen molar-refractivity contribution in [2.24, 2.45) is 0 Å². The molecule has 0 radical (unpaired) electrons. The van der Waals surface area contributed by atoms with Crippen molar-refractivity contribution in [1.29, 1.82) is 0 Å². The molecule has 0 aromatic heterocycles. The van der Waals surface area contributed by atoms with Crippen molar-refractivity contribution in [3.05, 3.63) is 39.4 Å². The Kier molecular flexibility index (Phi) is 5.40. The lowest BCUT2D eigenvalue weighted by atomic mass is 10.0. The fourth-order valence-electron chi connectivity index (χ4n) is 2.04. The van der Waals surface area contributed by atoms with Crippen molar-refractivity contribution in [1.82, 2.24) is 4.90 Å². The fourth-order valence-corrected chi connectivity index (χ4v) is 2.04. The lowest BCUT2D eigenvalue weighted by Crippen LogP contribution is -2.39. The molecule has 0 saturated carbocycles. The molecule has 1 amide bonds. The minimum atomic E-state index is -1.02. The van der Waals surface area contributed by atoms with Crippen LogP contribution in [0.3, 0.4) is 0 Å². The minimum absolute atomic E-state index is 0.0112. The van der Waals surface area contributed by atoms with Crippen molar-refractivity contribution < 1.29 is 19.6 Å². The second-order valence-electron chi connectivity index (χ2n) is 4.96. The molecule has 1 N–H and O–H groups in total. The number of benzene rings is 1. The Morgan fingerprint density at radius 3 is 2.48 bits per heavy atom. The van der Waals surface area contributed by atoms with Gasteiger partial charge < -0.3 is 10.0 Å². The van der Waals surface area contributed by atoms with Crippen LogP contribution in [0.1, 0.15) is 36.2 Å². The Morgan fingerprint density at radius 1 is 1.38 bits per heavy atom. The molecular formula is C14H18N2O5. The lowest BCUT2D eigenvalue weighted by molar-refractivity contribution is -0.385. The number of carboxylic acid groups (broad SMARTS) is 1. The number of carbonyl (C=O) groups is 2. The maximum atomic E-state index is 12.6. The van der Waals surface area contributed by atoms with Crippen LogP contribution in [-0.4, -0.2) is 39.4 Å². The Balaban J connectivity index is 3.21. The predicted octanol–water partition coefficient (Wildman–Crippen LogP) is 2.23. The Hall–Kier alpha value is -2.44. The first-order chi connectivity index (χ1) is 9.75. The third-order valence-electron chi connectivity index (χ3n) is 3.11. The van der Waals surface area contributed by atoms with Crippen LogP contribution in [0.15, 0.2) is 18.2 Å². The van der Waals surface area contributed by atoms with Crippen molar-refractivity contribution in [3.8, 4) is 0 Å². The smallest absolute Gasteiger partial charge is 0.305 e. The van der Waals surface area contributed by atoms with Crippen LogP contribution in [0.2, 0.25) is 0 Å². The normalized spacial score (nSPS) is 10.5. The molecule has 0 aliphatic heterocycles. The van der Waals surface area contributed by atoms with E-state index in [1.54, 1.807) is 26.8 Å². The third-order valence-corrected chi connectivity index (χ3v) is 3.11. The number of hydrogen-bond donors (Lipinski definition) is 1. The average Bonchev–Trinajstić information content (AvgIpc) is 2.37. The van der Waals surface area contributed by atoms with Crippen LogP contribution in [0.25, 0.3) is 0 Å². The van der Waals surface area contributed by atoms with Gasteiger partial charge in [0, 0.05) is 18.7 Å². The number of rotatable bonds is 6. The molecule has 0 atom stereocenters. The first-order valence-corrected chi connectivity index (χ1v) is 6.52. The van der Waals surface area contributed by atoms with Crippen LogP contribution in [0.4, 0.5) is 5.69 Å². The number of amides is 1. The summed E-state index contributed by atoms with van der Waals surface area (Å²) in [6.07, 6.45) is -0.205. The molecule has 7 nitrogen and oxygen atoms in total. The summed E-state index contributed by atoms with van der Waals surface area (Å²) < 4.78 is 0. The highest BCUT2D eigenvalue weighted by Gasteiger charge is 2.28. The van der Waals surface area contributed by atoms with Gasteiger partial charge in [-0.15, -0.1) is 0 Å². The Labute approximate surface area is 122 Å². The summed E-state index contributed by atoms with van der Waals surface area (Å²) in [4.78, 5) is 35.1. The van der Waals surface area contributed by atoms with Crippen LogP contribution < -0.4 is 0 Å². The van der Waals surface area contributed by atoms with E-state index in [9.17, 15) is 19.7 Å². The molecule has 1 rings (SSSR count). The number of carboxylic acids is 1. The van der Waals surface area contributed by atoms with E-state index in [1.807, 2.05) is 0 Å². The molecular weight excluding hydrogens is 276 g/mol. The van der Waals surface area contributed by atoms with Gasteiger partial charge in [-0.05, 0) is 26.3 Å². The summed E-state index contributed by atoms with van der Waals surface area (Å²) in [5.74, 6) is -1.54. The standard InChI is InChI=1S/C14H18N2O5/c1-9(2)15(8-7-12(17)18)14(19)13-10(3)5-4-6-11(13)16(20)21/h4-6,9H,7-8H2,1-3H3,(H,17,18). The molecule has 7 heteroatoms. The minimum Gasteiger partial charge on any atom is -0.481 e. The largest absolute Gasteiger partial charge is 0.481 e. The van der Waals surface area contributed by atoms with Crippen LogP contribution in [0, 0.1) is 17.0 Å². The van der Waals surface area contributed by atoms with Gasteiger partial charge in [0.15, 0.2) is 0 Å². The molecule has 21 heavy (non-hydrogen) atoms. The van der Waals surface area contributed by atoms with Gasteiger partial charge in [0.25, 0.3) is 11.6 Å². The molecule has 0 aliphatic carbocycles. The first-order valence-electron chi connectivity index (χ1n) is 6.52. The zero-order valence-electron chi connectivity index (χ0n) is 12.2. The van der Waals surface area contributed by atoms with Gasteiger partial charge in [-0.2, -0.15) is 0 Å². The molecule has 0 bridgehead atoms. The fraction of sp³-hybridized carbons (Fsp3) is 0.429. The van der Waals surface area contributed by atoms with E-state index in [2.05, 4.69) is 0 Å². The van der Waals surface area contributed by atoms with Gasteiger partial charge in [-0.1, -0.05) is 12.1 Å². The van der Waals surface area contributed by atoms with Crippen LogP contribution >= 0.6 is 0 Å². The van der Waals surface area contributed by atoms with Crippen LogP contribution in [-0.2, 0) is 4.79 Å². The molecule has 1 aromatic carbocycles.